The number of hydrogen-bond donors (Lipinski definition) is 0. The molecule has 0 unspecified atom stereocenters. The third kappa shape index (κ3) is 6.12. The van der Waals surface area contributed by atoms with Crippen LogP contribution in [-0.2, 0) is 19.6 Å². The first-order valence-corrected chi connectivity index (χ1v) is 15.0. The Bertz CT molecular complexity index is 1210. The van der Waals surface area contributed by atoms with Crippen molar-refractivity contribution in [3.63, 3.8) is 0 Å². The fraction of sp³-hybridized carbons (Fsp3) is 0.481. The standard InChI is InChI=1S/C27H35NO6S2/c1-8-33-26(30)27(4,5)34-25-17(2)13-20(14-18(25)3)22-15-28(36(7,31)32)16-23(22)24(29)19-9-11-21(35-6)12-10-19/h9-14,22-23H,8,15-16H2,1-7H3/t22-,23+/m1/s1. The number of thioether (sulfide) groups is 1. The van der Waals surface area contributed by atoms with Gasteiger partial charge < -0.3 is 9.47 Å². The van der Waals surface area contributed by atoms with E-state index in [1.807, 2.05) is 44.4 Å². The summed E-state index contributed by atoms with van der Waals surface area (Å²) in [7, 11) is -3.47. The third-order valence-electron chi connectivity index (χ3n) is 6.50. The van der Waals surface area contributed by atoms with Gasteiger partial charge in [0, 0.05) is 35.4 Å². The summed E-state index contributed by atoms with van der Waals surface area (Å²) in [6.45, 7) is 9.46. The molecule has 196 valence electrons. The number of Topliss-reactive ketones (excluding diaryl/α,β-unsaturated/α-hetero) is 1. The van der Waals surface area contributed by atoms with Gasteiger partial charge >= 0.3 is 5.97 Å². The highest BCUT2D eigenvalue weighted by atomic mass is 32.2. The molecule has 1 heterocycles. The third-order valence-corrected chi connectivity index (χ3v) is 8.48. The number of aryl methyl sites for hydroxylation is 2. The van der Waals surface area contributed by atoms with Crippen LogP contribution in [0, 0.1) is 19.8 Å². The second-order valence-electron chi connectivity index (χ2n) is 9.70. The molecule has 2 atom stereocenters. The predicted molar refractivity (Wildman–Crippen MR) is 142 cm³/mol. The van der Waals surface area contributed by atoms with E-state index >= 15 is 0 Å². The molecule has 0 aromatic heterocycles. The summed E-state index contributed by atoms with van der Waals surface area (Å²) in [4.78, 5) is 27.0. The summed E-state index contributed by atoms with van der Waals surface area (Å²) in [6.07, 6.45) is 3.15. The number of carbonyl (C=O) groups excluding carboxylic acids is 2. The maximum Gasteiger partial charge on any atom is 0.349 e. The zero-order valence-electron chi connectivity index (χ0n) is 22.0. The van der Waals surface area contributed by atoms with Crippen LogP contribution in [0.2, 0.25) is 0 Å². The van der Waals surface area contributed by atoms with Gasteiger partial charge in [-0.25, -0.2) is 17.5 Å². The highest BCUT2D eigenvalue weighted by Crippen LogP contribution is 2.39. The van der Waals surface area contributed by atoms with Crippen molar-refractivity contribution in [3.05, 3.63) is 58.7 Å². The van der Waals surface area contributed by atoms with Crippen molar-refractivity contribution in [2.75, 3.05) is 32.2 Å². The van der Waals surface area contributed by atoms with E-state index in [-0.39, 0.29) is 31.4 Å². The van der Waals surface area contributed by atoms with Crippen LogP contribution in [-0.4, -0.2) is 62.3 Å². The number of esters is 1. The molecular formula is C27H35NO6S2. The molecule has 3 rings (SSSR count). The first-order valence-electron chi connectivity index (χ1n) is 11.9. The summed E-state index contributed by atoms with van der Waals surface area (Å²) in [5.41, 5.74) is 1.88. The van der Waals surface area contributed by atoms with Gasteiger partial charge in [0.1, 0.15) is 5.75 Å². The SMILES string of the molecule is CCOC(=O)C(C)(C)Oc1c(C)cc([C@H]2CN(S(C)(=O)=O)C[C@@H]2C(=O)c2ccc(SC)cc2)cc1C. The first-order chi connectivity index (χ1) is 16.8. The minimum absolute atomic E-state index is 0.0714. The number of ketones is 1. The molecule has 1 saturated heterocycles. The Morgan fingerprint density at radius 1 is 1.08 bits per heavy atom. The smallest absolute Gasteiger partial charge is 0.349 e. The molecule has 7 nitrogen and oxygen atoms in total. The highest BCUT2D eigenvalue weighted by Gasteiger charge is 2.42. The Hall–Kier alpha value is -2.36. The second-order valence-corrected chi connectivity index (χ2v) is 12.6. The van der Waals surface area contributed by atoms with E-state index in [1.54, 1.807) is 44.7 Å². The Kier molecular flexibility index (Phi) is 8.58. The summed E-state index contributed by atoms with van der Waals surface area (Å²) in [6, 6.07) is 11.3. The van der Waals surface area contributed by atoms with Crippen LogP contribution in [0.4, 0.5) is 0 Å². The molecule has 9 heteroatoms. The van der Waals surface area contributed by atoms with Gasteiger partial charge in [-0.2, -0.15) is 0 Å². The van der Waals surface area contributed by atoms with Gasteiger partial charge in [-0.05, 0) is 69.7 Å². The number of ether oxygens (including phenoxy) is 2. The van der Waals surface area contributed by atoms with Crippen LogP contribution in [0.15, 0.2) is 41.3 Å². The number of rotatable bonds is 9. The lowest BCUT2D eigenvalue weighted by Crippen LogP contribution is -2.40. The molecule has 1 fully saturated rings. The van der Waals surface area contributed by atoms with Gasteiger partial charge in [0.15, 0.2) is 11.4 Å². The van der Waals surface area contributed by atoms with Crippen molar-refractivity contribution in [2.45, 2.75) is 51.0 Å². The van der Waals surface area contributed by atoms with Crippen LogP contribution in [0.3, 0.4) is 0 Å². The molecule has 1 aliphatic rings. The average molecular weight is 534 g/mol. The van der Waals surface area contributed by atoms with Crippen LogP contribution >= 0.6 is 11.8 Å². The summed E-state index contributed by atoms with van der Waals surface area (Å²) in [5.74, 6) is -0.771. The van der Waals surface area contributed by atoms with Crippen LogP contribution in [0.5, 0.6) is 5.75 Å². The normalized spacial score (nSPS) is 18.8. The molecule has 0 N–H and O–H groups in total. The lowest BCUT2D eigenvalue weighted by atomic mass is 9.82. The molecule has 0 spiro atoms. The molecule has 0 amide bonds. The van der Waals surface area contributed by atoms with E-state index in [4.69, 9.17) is 9.47 Å². The summed E-state index contributed by atoms with van der Waals surface area (Å²) >= 11 is 1.60. The second kappa shape index (κ2) is 10.9. The Morgan fingerprint density at radius 2 is 1.67 bits per heavy atom. The van der Waals surface area contributed by atoms with Crippen LogP contribution in [0.1, 0.15) is 53.7 Å². The van der Waals surface area contributed by atoms with Crippen molar-refractivity contribution in [1.82, 2.24) is 4.31 Å². The van der Waals surface area contributed by atoms with Gasteiger partial charge in [-0.3, -0.25) is 4.79 Å². The number of benzene rings is 2. The van der Waals surface area contributed by atoms with Gasteiger partial charge in [0.05, 0.1) is 12.9 Å². The maximum atomic E-state index is 13.6. The first kappa shape index (κ1) is 28.2. The van der Waals surface area contributed by atoms with Crippen molar-refractivity contribution < 1.29 is 27.5 Å². The molecular weight excluding hydrogens is 498 g/mol. The molecule has 2 aromatic rings. The largest absolute Gasteiger partial charge is 0.476 e. The lowest BCUT2D eigenvalue weighted by Gasteiger charge is -2.27. The molecule has 0 saturated carbocycles. The monoisotopic (exact) mass is 533 g/mol. The maximum absolute atomic E-state index is 13.6. The quantitative estimate of drug-likeness (QED) is 0.264. The summed E-state index contributed by atoms with van der Waals surface area (Å²) in [5, 5.41) is 0. The van der Waals surface area contributed by atoms with E-state index < -0.39 is 27.5 Å². The Morgan fingerprint density at radius 3 is 2.17 bits per heavy atom. The molecule has 1 aliphatic heterocycles. The van der Waals surface area contributed by atoms with E-state index in [9.17, 15) is 18.0 Å². The van der Waals surface area contributed by atoms with E-state index in [0.717, 1.165) is 21.6 Å². The van der Waals surface area contributed by atoms with E-state index in [2.05, 4.69) is 0 Å². The number of sulfonamides is 1. The number of nitrogens with zero attached hydrogens (tertiary/aromatic N) is 1. The molecule has 2 aromatic carbocycles. The molecule has 0 radical (unpaired) electrons. The Balaban J connectivity index is 1.97. The van der Waals surface area contributed by atoms with Crippen molar-refractivity contribution >= 4 is 33.5 Å². The average Bonchev–Trinajstić information content (AvgIpc) is 3.27. The molecule has 0 bridgehead atoms. The number of hydrogen-bond acceptors (Lipinski definition) is 7. The van der Waals surface area contributed by atoms with Crippen LogP contribution in [0.25, 0.3) is 0 Å². The zero-order chi connectivity index (χ0) is 26.8. The van der Waals surface area contributed by atoms with Crippen molar-refractivity contribution in [2.24, 2.45) is 5.92 Å². The minimum Gasteiger partial charge on any atom is -0.476 e. The number of carbonyl (C=O) groups is 2. The van der Waals surface area contributed by atoms with Crippen LogP contribution < -0.4 is 4.74 Å². The van der Waals surface area contributed by atoms with Gasteiger partial charge in [0.25, 0.3) is 0 Å². The van der Waals surface area contributed by atoms with Crippen molar-refractivity contribution in [3.8, 4) is 5.75 Å². The molecule has 36 heavy (non-hydrogen) atoms. The van der Waals surface area contributed by atoms with Gasteiger partial charge in [0.2, 0.25) is 10.0 Å². The van der Waals surface area contributed by atoms with Gasteiger partial charge in [-0.15, -0.1) is 11.8 Å². The highest BCUT2D eigenvalue weighted by molar-refractivity contribution is 7.98. The predicted octanol–water partition coefficient (Wildman–Crippen LogP) is 4.60. The topological polar surface area (TPSA) is 90.0 Å². The Labute approximate surface area is 218 Å². The fourth-order valence-corrected chi connectivity index (χ4v) is 5.84. The minimum atomic E-state index is -3.47. The zero-order valence-corrected chi connectivity index (χ0v) is 23.6. The van der Waals surface area contributed by atoms with Crippen molar-refractivity contribution in [1.29, 1.82) is 0 Å². The lowest BCUT2D eigenvalue weighted by molar-refractivity contribution is -0.158. The fourth-order valence-electron chi connectivity index (χ4n) is 4.57. The van der Waals surface area contributed by atoms with E-state index in [1.165, 1.54) is 10.6 Å². The summed E-state index contributed by atoms with van der Waals surface area (Å²) < 4.78 is 37.4. The van der Waals surface area contributed by atoms with Gasteiger partial charge in [-0.1, -0.05) is 24.3 Å². The molecule has 0 aliphatic carbocycles. The van der Waals surface area contributed by atoms with E-state index in [0.29, 0.717) is 11.3 Å².